The lowest BCUT2D eigenvalue weighted by Crippen LogP contribution is -2.47. The second-order valence-corrected chi connectivity index (χ2v) is 6.17. The van der Waals surface area contributed by atoms with Gasteiger partial charge in [0.2, 0.25) is 11.8 Å². The number of nitrogens with one attached hydrogen (secondary N) is 2. The molecule has 0 heterocycles. The third-order valence-corrected chi connectivity index (χ3v) is 2.97. The van der Waals surface area contributed by atoms with Gasteiger partial charge < -0.3 is 15.4 Å². The Balaban J connectivity index is 2.52. The molecule has 1 aromatic carbocycles. The highest BCUT2D eigenvalue weighted by molar-refractivity contribution is 6.03. The maximum atomic E-state index is 11.9. The summed E-state index contributed by atoms with van der Waals surface area (Å²) < 4.78 is 5.31. The van der Waals surface area contributed by atoms with E-state index in [-0.39, 0.29) is 18.2 Å². The predicted octanol–water partition coefficient (Wildman–Crippen LogP) is 2.56. The van der Waals surface area contributed by atoms with E-state index in [1.54, 1.807) is 0 Å². The van der Waals surface area contributed by atoms with E-state index in [9.17, 15) is 9.59 Å². The van der Waals surface area contributed by atoms with Crippen LogP contribution < -0.4 is 10.6 Å². The third kappa shape index (κ3) is 6.72. The zero-order chi connectivity index (χ0) is 16.8. The average Bonchev–Trinajstić information content (AvgIpc) is 2.33. The van der Waals surface area contributed by atoms with E-state index in [0.717, 1.165) is 11.1 Å². The van der Waals surface area contributed by atoms with Crippen molar-refractivity contribution < 1.29 is 14.3 Å². The van der Waals surface area contributed by atoms with Crippen LogP contribution in [0.25, 0.3) is 0 Å². The first-order valence-electron chi connectivity index (χ1n) is 7.49. The van der Waals surface area contributed by atoms with Gasteiger partial charge in [0.25, 0.3) is 0 Å². The summed E-state index contributed by atoms with van der Waals surface area (Å²) in [5, 5.41) is 5.56. The molecular weight excluding hydrogens is 280 g/mol. The molecule has 0 spiro atoms. The van der Waals surface area contributed by atoms with E-state index in [1.165, 1.54) is 0 Å². The lowest BCUT2D eigenvalue weighted by Gasteiger charge is -2.25. The molecule has 2 N–H and O–H groups in total. The van der Waals surface area contributed by atoms with E-state index in [0.29, 0.717) is 18.9 Å². The first-order valence-corrected chi connectivity index (χ1v) is 7.49. The second kappa shape index (κ2) is 7.94. The van der Waals surface area contributed by atoms with E-state index >= 15 is 0 Å². The quantitative estimate of drug-likeness (QED) is 0.761. The Morgan fingerprint density at radius 3 is 2.23 bits per heavy atom. The number of aryl methyl sites for hydroxylation is 2. The van der Waals surface area contributed by atoms with Crippen molar-refractivity contribution in [1.82, 2.24) is 5.32 Å². The van der Waals surface area contributed by atoms with Gasteiger partial charge in [0.05, 0.1) is 12.1 Å². The van der Waals surface area contributed by atoms with Crippen LogP contribution in [-0.4, -0.2) is 30.6 Å². The zero-order valence-corrected chi connectivity index (χ0v) is 14.1. The summed E-state index contributed by atoms with van der Waals surface area (Å²) in [6, 6.07) is 5.78. The van der Waals surface area contributed by atoms with Crippen LogP contribution in [0.15, 0.2) is 18.2 Å². The Bertz CT molecular complexity index is 518. The molecule has 0 saturated heterocycles. The Kier molecular flexibility index (Phi) is 6.56. The fourth-order valence-electron chi connectivity index (χ4n) is 2.21. The Labute approximate surface area is 132 Å². The molecule has 0 atom stereocenters. The molecule has 0 unspecified atom stereocenters. The molecule has 1 aromatic rings. The predicted molar refractivity (Wildman–Crippen MR) is 87.9 cm³/mol. The topological polar surface area (TPSA) is 67.4 Å². The lowest BCUT2D eigenvalue weighted by molar-refractivity contribution is -0.128. The molecule has 0 radical (unpaired) electrons. The van der Waals surface area contributed by atoms with Crippen molar-refractivity contribution in [2.45, 2.75) is 46.6 Å². The average molecular weight is 306 g/mol. The largest absolute Gasteiger partial charge is 0.379 e. The maximum Gasteiger partial charge on any atom is 0.233 e. The highest BCUT2D eigenvalue weighted by Gasteiger charge is 2.21. The van der Waals surface area contributed by atoms with E-state index in [2.05, 4.69) is 10.6 Å². The van der Waals surface area contributed by atoms with Crippen LogP contribution in [0.5, 0.6) is 0 Å². The number of ether oxygens (including phenoxy) is 1. The maximum absolute atomic E-state index is 11.9. The highest BCUT2D eigenvalue weighted by atomic mass is 16.5. The molecule has 22 heavy (non-hydrogen) atoms. The summed E-state index contributed by atoms with van der Waals surface area (Å²) in [7, 11) is 0. The fourth-order valence-corrected chi connectivity index (χ4v) is 2.21. The number of benzene rings is 1. The summed E-state index contributed by atoms with van der Waals surface area (Å²) in [4.78, 5) is 23.9. The minimum absolute atomic E-state index is 0.206. The smallest absolute Gasteiger partial charge is 0.233 e. The Morgan fingerprint density at radius 2 is 1.68 bits per heavy atom. The van der Waals surface area contributed by atoms with Crippen LogP contribution in [0, 0.1) is 13.8 Å². The van der Waals surface area contributed by atoms with E-state index in [4.69, 9.17) is 4.74 Å². The van der Waals surface area contributed by atoms with Gasteiger partial charge in [-0.05, 0) is 57.9 Å². The summed E-state index contributed by atoms with van der Waals surface area (Å²) in [5.74, 6) is -0.638. The van der Waals surface area contributed by atoms with Gasteiger partial charge in [-0.2, -0.15) is 0 Å². The van der Waals surface area contributed by atoms with Crippen molar-refractivity contribution in [1.29, 1.82) is 0 Å². The SMILES string of the molecule is CCOCC(C)(C)NC(=O)CC(=O)Nc1cc(C)cc(C)c1. The van der Waals surface area contributed by atoms with Gasteiger partial charge in [-0.25, -0.2) is 0 Å². The van der Waals surface area contributed by atoms with Crippen LogP contribution in [0.4, 0.5) is 5.69 Å². The van der Waals surface area contributed by atoms with Crippen LogP contribution in [0.3, 0.4) is 0 Å². The minimum atomic E-state index is -0.493. The molecule has 0 aliphatic heterocycles. The number of anilines is 1. The fraction of sp³-hybridized carbons (Fsp3) is 0.529. The molecule has 0 fully saturated rings. The number of carbonyl (C=O) groups excluding carboxylic acids is 2. The monoisotopic (exact) mass is 306 g/mol. The zero-order valence-electron chi connectivity index (χ0n) is 14.1. The van der Waals surface area contributed by atoms with Crippen LogP contribution in [0.2, 0.25) is 0 Å². The second-order valence-electron chi connectivity index (χ2n) is 6.17. The van der Waals surface area contributed by atoms with Crippen LogP contribution in [0.1, 0.15) is 38.3 Å². The van der Waals surface area contributed by atoms with Crippen molar-refractivity contribution in [3.8, 4) is 0 Å². The summed E-state index contributed by atoms with van der Waals surface area (Å²) in [5.41, 5.74) is 2.35. The van der Waals surface area contributed by atoms with Crippen LogP contribution in [-0.2, 0) is 14.3 Å². The molecule has 5 nitrogen and oxygen atoms in total. The summed E-state index contributed by atoms with van der Waals surface area (Å²) in [6.45, 7) is 10.6. The molecule has 122 valence electrons. The van der Waals surface area contributed by atoms with E-state index < -0.39 is 5.54 Å². The molecule has 0 aliphatic rings. The summed E-state index contributed by atoms with van der Waals surface area (Å²) in [6.07, 6.45) is -0.206. The van der Waals surface area contributed by atoms with Gasteiger partial charge in [-0.1, -0.05) is 6.07 Å². The standard InChI is InChI=1S/C17H26N2O3/c1-6-22-11-17(4,5)19-16(21)10-15(20)18-14-8-12(2)7-13(3)9-14/h7-9H,6,10-11H2,1-5H3,(H,18,20)(H,19,21). The molecular formula is C17H26N2O3. The van der Waals surface area contributed by atoms with Gasteiger partial charge in [0, 0.05) is 12.3 Å². The molecule has 5 heteroatoms. The van der Waals surface area contributed by atoms with Gasteiger partial charge in [-0.3, -0.25) is 9.59 Å². The van der Waals surface area contributed by atoms with Crippen molar-refractivity contribution in [2.75, 3.05) is 18.5 Å². The number of rotatable bonds is 7. The molecule has 0 bridgehead atoms. The molecule has 0 saturated carbocycles. The van der Waals surface area contributed by atoms with Crippen molar-refractivity contribution in [3.63, 3.8) is 0 Å². The molecule has 0 aliphatic carbocycles. The van der Waals surface area contributed by atoms with Crippen molar-refractivity contribution in [2.24, 2.45) is 0 Å². The number of hydrogen-bond donors (Lipinski definition) is 2. The van der Waals surface area contributed by atoms with Crippen molar-refractivity contribution in [3.05, 3.63) is 29.3 Å². The molecule has 2 amide bonds. The van der Waals surface area contributed by atoms with Crippen LogP contribution >= 0.6 is 0 Å². The van der Waals surface area contributed by atoms with Crippen molar-refractivity contribution >= 4 is 17.5 Å². The Hall–Kier alpha value is -1.88. The number of amides is 2. The molecule has 0 aromatic heterocycles. The Morgan fingerprint density at radius 1 is 1.09 bits per heavy atom. The van der Waals surface area contributed by atoms with Gasteiger partial charge in [-0.15, -0.1) is 0 Å². The minimum Gasteiger partial charge on any atom is -0.379 e. The first-order chi connectivity index (χ1) is 10.2. The first kappa shape index (κ1) is 18.2. The van der Waals surface area contributed by atoms with Gasteiger partial charge in [0.15, 0.2) is 0 Å². The number of carbonyl (C=O) groups is 2. The lowest BCUT2D eigenvalue weighted by atomic mass is 10.1. The van der Waals surface area contributed by atoms with Gasteiger partial charge in [0.1, 0.15) is 6.42 Å². The normalized spacial score (nSPS) is 11.1. The highest BCUT2D eigenvalue weighted by Crippen LogP contribution is 2.14. The van der Waals surface area contributed by atoms with E-state index in [1.807, 2.05) is 52.8 Å². The number of hydrogen-bond acceptors (Lipinski definition) is 3. The van der Waals surface area contributed by atoms with Gasteiger partial charge >= 0.3 is 0 Å². The molecule has 1 rings (SSSR count). The third-order valence-electron chi connectivity index (χ3n) is 2.97. The summed E-state index contributed by atoms with van der Waals surface area (Å²) >= 11 is 0.